The van der Waals surface area contributed by atoms with Gasteiger partial charge in [-0.2, -0.15) is 0 Å². The molecule has 2 nitrogen and oxygen atoms in total. The van der Waals surface area contributed by atoms with Gasteiger partial charge in [0.1, 0.15) is 5.82 Å². The Morgan fingerprint density at radius 2 is 1.52 bits per heavy atom. The maximum Gasteiger partial charge on any atom is 0.255 e. The van der Waals surface area contributed by atoms with E-state index in [-0.39, 0.29) is 11.7 Å². The molecule has 0 aliphatic heterocycles. The van der Waals surface area contributed by atoms with Crippen molar-refractivity contribution >= 4 is 11.6 Å². The molecule has 0 aromatic heterocycles. The summed E-state index contributed by atoms with van der Waals surface area (Å²) < 4.78 is 13.1. The van der Waals surface area contributed by atoms with Gasteiger partial charge in [0.25, 0.3) is 5.91 Å². The van der Waals surface area contributed by atoms with E-state index in [0.717, 1.165) is 11.1 Å². The highest BCUT2D eigenvalue weighted by Crippen LogP contribution is 2.17. The average Bonchev–Trinajstić information content (AvgIpc) is 2.63. The Bertz CT molecular complexity index is 951. The highest BCUT2D eigenvalue weighted by molar-refractivity contribution is 6.04. The number of anilines is 1. The lowest BCUT2D eigenvalue weighted by Gasteiger charge is -2.08. The minimum atomic E-state index is -0.322. The molecule has 0 saturated heterocycles. The highest BCUT2D eigenvalue weighted by Gasteiger charge is 2.08. The van der Waals surface area contributed by atoms with Gasteiger partial charge in [-0.3, -0.25) is 4.79 Å². The average molecular weight is 329 g/mol. The van der Waals surface area contributed by atoms with Gasteiger partial charge >= 0.3 is 0 Å². The molecular weight excluding hydrogens is 313 g/mol. The Hall–Kier alpha value is -3.38. The molecule has 0 aliphatic rings. The smallest absolute Gasteiger partial charge is 0.255 e. The second-order valence-corrected chi connectivity index (χ2v) is 5.61. The summed E-state index contributed by atoms with van der Waals surface area (Å²) in [6.07, 6.45) is 0. The Kier molecular flexibility index (Phi) is 4.92. The van der Waals surface area contributed by atoms with Gasteiger partial charge in [0.2, 0.25) is 0 Å². The third-order valence-corrected chi connectivity index (χ3v) is 3.71. The molecule has 0 bridgehead atoms. The number of carbonyl (C=O) groups excluding carboxylic acids is 1. The van der Waals surface area contributed by atoms with Gasteiger partial charge in [-0.1, -0.05) is 30.0 Å². The molecule has 0 heterocycles. The largest absolute Gasteiger partial charge is 0.322 e. The van der Waals surface area contributed by atoms with Crippen molar-refractivity contribution in [2.45, 2.75) is 6.92 Å². The van der Waals surface area contributed by atoms with Gasteiger partial charge in [0, 0.05) is 22.4 Å². The maximum atomic E-state index is 13.1. The number of nitrogens with one attached hydrogen (secondary N) is 1. The topological polar surface area (TPSA) is 29.1 Å². The van der Waals surface area contributed by atoms with Crippen LogP contribution in [0.5, 0.6) is 0 Å². The molecule has 0 radical (unpaired) electrons. The van der Waals surface area contributed by atoms with Crippen LogP contribution in [0.2, 0.25) is 0 Å². The first-order valence-corrected chi connectivity index (χ1v) is 7.86. The van der Waals surface area contributed by atoms with Crippen molar-refractivity contribution in [2.75, 3.05) is 5.32 Å². The van der Waals surface area contributed by atoms with Gasteiger partial charge in [-0.15, -0.1) is 0 Å². The monoisotopic (exact) mass is 329 g/mol. The van der Waals surface area contributed by atoms with E-state index in [4.69, 9.17) is 0 Å². The fourth-order valence-electron chi connectivity index (χ4n) is 2.33. The lowest BCUT2D eigenvalue weighted by atomic mass is 10.1. The number of aryl methyl sites for hydroxylation is 1. The fraction of sp³-hybridized carbons (Fsp3) is 0.0455. The van der Waals surface area contributed by atoms with Crippen molar-refractivity contribution in [2.24, 2.45) is 0 Å². The van der Waals surface area contributed by atoms with Crippen LogP contribution in [-0.2, 0) is 0 Å². The zero-order valence-electron chi connectivity index (χ0n) is 13.7. The molecule has 3 rings (SSSR count). The quantitative estimate of drug-likeness (QED) is 0.673. The molecule has 25 heavy (non-hydrogen) atoms. The first-order chi connectivity index (χ1) is 12.1. The molecule has 3 aromatic rings. The predicted octanol–water partition coefficient (Wildman–Crippen LogP) is 4.79. The van der Waals surface area contributed by atoms with E-state index in [2.05, 4.69) is 17.2 Å². The van der Waals surface area contributed by atoms with Crippen LogP contribution in [0.3, 0.4) is 0 Å². The minimum Gasteiger partial charge on any atom is -0.322 e. The van der Waals surface area contributed by atoms with E-state index < -0.39 is 0 Å². The second kappa shape index (κ2) is 7.46. The van der Waals surface area contributed by atoms with E-state index in [9.17, 15) is 9.18 Å². The summed E-state index contributed by atoms with van der Waals surface area (Å²) in [5.74, 6) is 5.58. The van der Waals surface area contributed by atoms with Crippen molar-refractivity contribution < 1.29 is 9.18 Å². The van der Waals surface area contributed by atoms with Gasteiger partial charge in [-0.25, -0.2) is 4.39 Å². The fourth-order valence-corrected chi connectivity index (χ4v) is 2.33. The second-order valence-electron chi connectivity index (χ2n) is 5.61. The number of rotatable bonds is 2. The number of halogens is 1. The highest BCUT2D eigenvalue weighted by atomic mass is 19.1. The molecule has 1 N–H and O–H groups in total. The number of benzene rings is 3. The van der Waals surface area contributed by atoms with Gasteiger partial charge < -0.3 is 5.32 Å². The van der Waals surface area contributed by atoms with Crippen LogP contribution in [0.1, 0.15) is 27.0 Å². The Balaban J connectivity index is 1.71. The molecule has 1 amide bonds. The van der Waals surface area contributed by atoms with E-state index in [0.29, 0.717) is 16.8 Å². The summed E-state index contributed by atoms with van der Waals surface area (Å²) in [5, 5.41) is 2.79. The molecule has 0 saturated carbocycles. The maximum absolute atomic E-state index is 13.1. The van der Waals surface area contributed by atoms with Gasteiger partial charge in [-0.05, 0) is 67.1 Å². The summed E-state index contributed by atoms with van der Waals surface area (Å²) in [6, 6.07) is 21.0. The number of amides is 1. The summed E-state index contributed by atoms with van der Waals surface area (Å²) in [6.45, 7) is 1.75. The van der Waals surface area contributed by atoms with Crippen molar-refractivity contribution in [3.8, 4) is 11.8 Å². The van der Waals surface area contributed by atoms with Crippen molar-refractivity contribution in [1.82, 2.24) is 0 Å². The van der Waals surface area contributed by atoms with E-state index in [1.807, 2.05) is 42.5 Å². The zero-order chi connectivity index (χ0) is 17.6. The van der Waals surface area contributed by atoms with Crippen LogP contribution in [0, 0.1) is 24.6 Å². The van der Waals surface area contributed by atoms with Crippen molar-refractivity contribution in [1.29, 1.82) is 0 Å². The van der Waals surface area contributed by atoms with E-state index in [1.165, 1.54) is 12.1 Å². The zero-order valence-corrected chi connectivity index (χ0v) is 13.7. The van der Waals surface area contributed by atoms with Crippen LogP contribution in [0.15, 0.2) is 72.8 Å². The van der Waals surface area contributed by atoms with Crippen molar-refractivity contribution in [3.63, 3.8) is 0 Å². The Morgan fingerprint density at radius 3 is 2.16 bits per heavy atom. The third-order valence-electron chi connectivity index (χ3n) is 3.71. The predicted molar refractivity (Wildman–Crippen MR) is 98.0 cm³/mol. The molecular formula is C22H16FNO. The lowest BCUT2D eigenvalue weighted by molar-refractivity contribution is 0.102. The van der Waals surface area contributed by atoms with Crippen LogP contribution < -0.4 is 5.32 Å². The third kappa shape index (κ3) is 4.33. The molecule has 0 fully saturated rings. The van der Waals surface area contributed by atoms with Gasteiger partial charge in [0.15, 0.2) is 0 Å². The molecule has 0 unspecified atom stereocenters. The van der Waals surface area contributed by atoms with Gasteiger partial charge in [0.05, 0.1) is 0 Å². The molecule has 122 valence electrons. The first-order valence-electron chi connectivity index (χ1n) is 7.86. The molecule has 3 heteroatoms. The number of hydrogen-bond donors (Lipinski definition) is 1. The van der Waals surface area contributed by atoms with Crippen LogP contribution in [0.25, 0.3) is 0 Å². The normalized spacial score (nSPS) is 9.84. The Morgan fingerprint density at radius 1 is 0.880 bits per heavy atom. The molecule has 3 aromatic carbocycles. The van der Waals surface area contributed by atoms with Crippen LogP contribution in [-0.4, -0.2) is 5.91 Å². The summed E-state index contributed by atoms with van der Waals surface area (Å²) in [7, 11) is 0. The SMILES string of the molecule is Cc1cc(F)ccc1NC(=O)c1ccc(C#Cc2ccccc2)cc1. The van der Waals surface area contributed by atoms with Crippen LogP contribution >= 0.6 is 0 Å². The van der Waals surface area contributed by atoms with Crippen LogP contribution in [0.4, 0.5) is 10.1 Å². The summed E-state index contributed by atoms with van der Waals surface area (Å²) >= 11 is 0. The standard InChI is InChI=1S/C22H16FNO/c1-16-15-20(23)13-14-21(16)24-22(25)19-11-9-18(10-12-19)8-7-17-5-3-2-4-6-17/h2-6,9-15H,1H3,(H,24,25). The van der Waals surface area contributed by atoms with E-state index in [1.54, 1.807) is 25.1 Å². The number of carbonyl (C=O) groups is 1. The summed E-state index contributed by atoms with van der Waals surface area (Å²) in [5.41, 5.74) is 3.57. The molecule has 0 spiro atoms. The number of hydrogen-bond acceptors (Lipinski definition) is 1. The Labute approximate surface area is 146 Å². The minimum absolute atomic E-state index is 0.239. The lowest BCUT2D eigenvalue weighted by Crippen LogP contribution is -2.12. The summed E-state index contributed by atoms with van der Waals surface area (Å²) in [4.78, 5) is 12.3. The molecule has 0 aliphatic carbocycles. The molecule has 0 atom stereocenters. The van der Waals surface area contributed by atoms with E-state index >= 15 is 0 Å². The van der Waals surface area contributed by atoms with Crippen molar-refractivity contribution in [3.05, 3.63) is 101 Å². The first kappa shape index (κ1) is 16.5.